The molecule has 0 aliphatic heterocycles. The summed E-state index contributed by atoms with van der Waals surface area (Å²) in [6.07, 6.45) is 1.86. The van der Waals surface area contributed by atoms with Gasteiger partial charge in [-0.25, -0.2) is 4.98 Å². The number of para-hydroxylation sites is 1. The quantitative estimate of drug-likeness (QED) is 0.169. The largest absolute Gasteiger partial charge is 0.507 e. The van der Waals surface area contributed by atoms with E-state index in [4.69, 9.17) is 9.97 Å². The molecule has 0 atom stereocenters. The summed E-state index contributed by atoms with van der Waals surface area (Å²) in [6, 6.07) is 43.6. The van der Waals surface area contributed by atoms with Gasteiger partial charge < -0.3 is 5.11 Å². The van der Waals surface area contributed by atoms with Gasteiger partial charge in [0.15, 0.2) is 0 Å². The average Bonchev–Trinajstić information content (AvgIpc) is 3.66. The molecule has 8 aromatic rings. The monoisotopic (exact) mass is 1100 g/mol. The molecule has 360 valence electrons. The van der Waals surface area contributed by atoms with Gasteiger partial charge in [0.1, 0.15) is 11.6 Å². The summed E-state index contributed by atoms with van der Waals surface area (Å²) in [5, 5.41) is 12.6. The fraction of sp³-hybridized carbons (Fsp3) is 0.344. The summed E-state index contributed by atoms with van der Waals surface area (Å²) < 4.78 is 29.6. The summed E-state index contributed by atoms with van der Waals surface area (Å²) in [4.78, 5) is 10.5. The Labute approximate surface area is 432 Å². The standard InChI is InChI=1S/C64H72N3O.Pt/c1-39-21-23-41(24-22-39)43-27-28-65-54(35-43)46-30-45(33-47(34-46)60(3,4)5)51-19-18-20-56-57(51)66-59(52-37-50(63(12,13)14)38-53(58(52)68)64(15,16)17)67(56)55-26-25-42(29-40(55)2)44-31-48(61(6,7)8)36-49(32-44)62(9,10)11;/h18-29,31-38,68H,1-17H3;/q-1;/i2D3;. The van der Waals surface area contributed by atoms with E-state index in [1.807, 2.05) is 53.2 Å². The molecule has 0 spiro atoms. The number of nitrogens with zero attached hydrogens (tertiary/aromatic N) is 3. The van der Waals surface area contributed by atoms with Crippen molar-refractivity contribution in [3.05, 3.63) is 166 Å². The minimum atomic E-state index is -2.53. The average molecular weight is 1100 g/mol. The van der Waals surface area contributed by atoms with E-state index in [0.717, 1.165) is 61.3 Å². The third-order valence-electron chi connectivity index (χ3n) is 13.4. The number of aryl methyl sites for hydroxylation is 2. The number of rotatable bonds is 6. The maximum Gasteiger partial charge on any atom is 0.148 e. The second kappa shape index (κ2) is 18.3. The molecular weight excluding hydrogens is 1020 g/mol. The molecule has 69 heavy (non-hydrogen) atoms. The minimum Gasteiger partial charge on any atom is -0.507 e. The SMILES string of the molecule is [2H]C([2H])([2H])c1cc(-c2cc(C(C)(C)C)cc(C(C)(C)C)c2)ccc1-n1c(-c2cc(C(C)(C)C)cc(C(C)(C)C)c2O)nc2c(-c3[c-]c(-c4cc(-c5ccc(C)cc5)ccn4)cc(C(C)(C)C)c3)cccc21.[Pt]. The summed E-state index contributed by atoms with van der Waals surface area (Å²) in [7, 11) is 0. The van der Waals surface area contributed by atoms with E-state index in [2.05, 4.69) is 190 Å². The van der Waals surface area contributed by atoms with Crippen LogP contribution in [0.2, 0.25) is 0 Å². The first-order valence-corrected chi connectivity index (χ1v) is 24.1. The van der Waals surface area contributed by atoms with Crippen LogP contribution in [0.4, 0.5) is 0 Å². The first kappa shape index (κ1) is 47.1. The molecule has 0 bridgehead atoms. The van der Waals surface area contributed by atoms with Crippen LogP contribution in [-0.2, 0) is 48.1 Å². The van der Waals surface area contributed by atoms with E-state index in [1.54, 1.807) is 0 Å². The predicted octanol–water partition coefficient (Wildman–Crippen LogP) is 17.4. The van der Waals surface area contributed by atoms with E-state index in [-0.39, 0.29) is 54.0 Å². The zero-order chi connectivity index (χ0) is 52.0. The van der Waals surface area contributed by atoms with Gasteiger partial charge in [-0.3, -0.25) is 9.55 Å². The molecule has 0 aliphatic rings. The van der Waals surface area contributed by atoms with E-state index < -0.39 is 12.3 Å². The third kappa shape index (κ3) is 10.5. The summed E-state index contributed by atoms with van der Waals surface area (Å²) in [6.45, 7) is 32.3. The fourth-order valence-electron chi connectivity index (χ4n) is 8.91. The van der Waals surface area contributed by atoms with Gasteiger partial charge in [0.25, 0.3) is 0 Å². The summed E-state index contributed by atoms with van der Waals surface area (Å²) in [5.74, 6) is 0.566. The number of phenolic OH excluding ortho intramolecular Hbond substituents is 1. The van der Waals surface area contributed by atoms with Gasteiger partial charge in [0.05, 0.1) is 22.3 Å². The van der Waals surface area contributed by atoms with Gasteiger partial charge in [-0.2, -0.15) is 0 Å². The Kier molecular flexibility index (Phi) is 12.5. The smallest absolute Gasteiger partial charge is 0.148 e. The molecule has 8 rings (SSSR count). The number of pyridine rings is 1. The number of fused-ring (bicyclic) bond motifs is 1. The summed E-state index contributed by atoms with van der Waals surface area (Å²) >= 11 is 0. The Morgan fingerprint density at radius 2 is 1.10 bits per heavy atom. The number of imidazole rings is 1. The Hall–Kier alpha value is -5.57. The molecule has 0 unspecified atom stereocenters. The first-order chi connectivity index (χ1) is 32.8. The van der Waals surface area contributed by atoms with Crippen molar-refractivity contribution in [2.75, 3.05) is 0 Å². The molecule has 5 heteroatoms. The van der Waals surface area contributed by atoms with Crippen LogP contribution in [0.25, 0.3) is 72.7 Å². The van der Waals surface area contributed by atoms with Crippen molar-refractivity contribution < 1.29 is 30.3 Å². The Morgan fingerprint density at radius 3 is 1.70 bits per heavy atom. The molecule has 0 aliphatic carbocycles. The maximum atomic E-state index is 12.6. The van der Waals surface area contributed by atoms with Crippen LogP contribution in [0.3, 0.4) is 0 Å². The van der Waals surface area contributed by atoms with Crippen molar-refractivity contribution in [2.45, 2.75) is 145 Å². The zero-order valence-corrected chi connectivity index (χ0v) is 45.9. The second-order valence-corrected chi connectivity index (χ2v) is 24.1. The fourth-order valence-corrected chi connectivity index (χ4v) is 8.91. The number of hydrogen-bond acceptors (Lipinski definition) is 3. The predicted molar refractivity (Wildman–Crippen MR) is 290 cm³/mol. The van der Waals surface area contributed by atoms with Crippen LogP contribution >= 0.6 is 0 Å². The number of aromatic hydroxyl groups is 1. The first-order valence-electron chi connectivity index (χ1n) is 25.6. The second-order valence-electron chi connectivity index (χ2n) is 24.1. The van der Waals surface area contributed by atoms with Gasteiger partial charge >= 0.3 is 0 Å². The molecule has 6 aromatic carbocycles. The maximum absolute atomic E-state index is 12.6. The molecule has 0 fully saturated rings. The third-order valence-corrected chi connectivity index (χ3v) is 13.4. The Bertz CT molecular complexity index is 3290. The van der Waals surface area contributed by atoms with Crippen molar-refractivity contribution in [1.29, 1.82) is 0 Å². The van der Waals surface area contributed by atoms with E-state index in [9.17, 15) is 9.22 Å². The van der Waals surface area contributed by atoms with Crippen LogP contribution in [0, 0.1) is 19.8 Å². The molecular formula is C64H72N3OPt-. The molecule has 4 nitrogen and oxygen atoms in total. The number of benzene rings is 6. The minimum absolute atomic E-state index is 0. The van der Waals surface area contributed by atoms with Crippen molar-refractivity contribution in [3.8, 4) is 67.5 Å². The normalized spacial score (nSPS) is 13.5. The van der Waals surface area contributed by atoms with Gasteiger partial charge in [0, 0.05) is 42.6 Å². The number of phenols is 1. The number of hydrogen-bond donors (Lipinski definition) is 1. The van der Waals surface area contributed by atoms with Crippen LogP contribution in [0.15, 0.2) is 121 Å². The van der Waals surface area contributed by atoms with Crippen molar-refractivity contribution in [2.24, 2.45) is 0 Å². The Morgan fingerprint density at radius 1 is 0.536 bits per heavy atom. The van der Waals surface area contributed by atoms with E-state index >= 15 is 0 Å². The molecule has 0 radical (unpaired) electrons. The molecule has 2 heterocycles. The number of aromatic nitrogens is 3. The van der Waals surface area contributed by atoms with Crippen LogP contribution in [0.1, 0.15) is 147 Å². The topological polar surface area (TPSA) is 50.9 Å². The zero-order valence-electron chi connectivity index (χ0n) is 46.7. The van der Waals surface area contributed by atoms with Crippen molar-refractivity contribution in [3.63, 3.8) is 0 Å². The van der Waals surface area contributed by atoms with Crippen molar-refractivity contribution in [1.82, 2.24) is 14.5 Å². The van der Waals surface area contributed by atoms with Crippen LogP contribution in [-0.4, -0.2) is 19.6 Å². The summed E-state index contributed by atoms with van der Waals surface area (Å²) in [5.41, 5.74) is 15.1. The van der Waals surface area contributed by atoms with Crippen LogP contribution < -0.4 is 0 Å². The van der Waals surface area contributed by atoms with Gasteiger partial charge in [-0.05, 0) is 116 Å². The molecule has 2 aromatic heterocycles. The molecule has 0 saturated heterocycles. The molecule has 0 amide bonds. The van der Waals surface area contributed by atoms with Crippen molar-refractivity contribution >= 4 is 11.0 Å². The Balaban J connectivity index is 0.00000760. The van der Waals surface area contributed by atoms with Gasteiger partial charge in [0.2, 0.25) is 0 Å². The molecule has 0 saturated carbocycles. The molecule has 1 N–H and O–H groups in total. The van der Waals surface area contributed by atoms with Crippen LogP contribution in [0.5, 0.6) is 5.75 Å². The van der Waals surface area contributed by atoms with E-state index in [1.165, 1.54) is 16.7 Å². The van der Waals surface area contributed by atoms with Gasteiger partial charge in [-0.15, -0.1) is 29.3 Å². The van der Waals surface area contributed by atoms with Gasteiger partial charge in [-0.1, -0.05) is 193 Å². The van der Waals surface area contributed by atoms with E-state index in [0.29, 0.717) is 28.1 Å².